The second kappa shape index (κ2) is 7.62. The molecule has 0 saturated carbocycles. The Morgan fingerprint density at radius 2 is 2.00 bits per heavy atom. The predicted molar refractivity (Wildman–Crippen MR) is 94.4 cm³/mol. The minimum absolute atomic E-state index is 0.0551. The molecule has 0 bridgehead atoms. The van der Waals surface area contributed by atoms with Crippen molar-refractivity contribution >= 4 is 5.91 Å². The van der Waals surface area contributed by atoms with Crippen molar-refractivity contribution in [1.82, 2.24) is 14.5 Å². The molecule has 1 amide bonds. The fourth-order valence-corrected chi connectivity index (χ4v) is 3.17. The summed E-state index contributed by atoms with van der Waals surface area (Å²) in [7, 11) is 0. The molecule has 0 radical (unpaired) electrons. The Kier molecular flexibility index (Phi) is 5.30. The number of hydrogen-bond donors (Lipinski definition) is 1. The first-order chi connectivity index (χ1) is 11.6. The Morgan fingerprint density at radius 1 is 1.29 bits per heavy atom. The van der Waals surface area contributed by atoms with Crippen LogP contribution < -0.4 is 5.73 Å². The lowest BCUT2D eigenvalue weighted by Crippen LogP contribution is -2.47. The first-order valence-corrected chi connectivity index (χ1v) is 8.71. The van der Waals surface area contributed by atoms with E-state index in [4.69, 9.17) is 5.73 Å². The number of nitrogens with zero attached hydrogens (tertiary/aromatic N) is 3. The van der Waals surface area contributed by atoms with Crippen molar-refractivity contribution in [3.63, 3.8) is 0 Å². The van der Waals surface area contributed by atoms with Crippen LogP contribution in [0.2, 0.25) is 0 Å². The monoisotopic (exact) mass is 326 g/mol. The molecule has 3 rings (SSSR count). The first kappa shape index (κ1) is 16.7. The van der Waals surface area contributed by atoms with Gasteiger partial charge in [0, 0.05) is 32.3 Å². The molecule has 1 aliphatic heterocycles. The van der Waals surface area contributed by atoms with E-state index < -0.39 is 6.04 Å². The second-order valence-electron chi connectivity index (χ2n) is 6.84. The highest BCUT2D eigenvalue weighted by molar-refractivity contribution is 5.82. The van der Waals surface area contributed by atoms with Crippen LogP contribution in [0.15, 0.2) is 42.9 Å². The largest absolute Gasteiger partial charge is 0.341 e. The predicted octanol–water partition coefficient (Wildman–Crippen LogP) is 2.06. The molecular formula is C19H26N4O. The van der Waals surface area contributed by atoms with Gasteiger partial charge >= 0.3 is 0 Å². The van der Waals surface area contributed by atoms with Crippen LogP contribution in [-0.4, -0.2) is 39.5 Å². The van der Waals surface area contributed by atoms with E-state index in [-0.39, 0.29) is 5.91 Å². The molecule has 128 valence electrons. The molecular weight excluding hydrogens is 300 g/mol. The van der Waals surface area contributed by atoms with Crippen LogP contribution in [-0.2, 0) is 17.8 Å². The van der Waals surface area contributed by atoms with Gasteiger partial charge in [0.2, 0.25) is 5.91 Å². The van der Waals surface area contributed by atoms with Crippen molar-refractivity contribution in [1.29, 1.82) is 0 Å². The van der Waals surface area contributed by atoms with Crippen molar-refractivity contribution < 1.29 is 4.79 Å². The SMILES string of the molecule is CC1CCN(C(=O)[C@@H](N)Cc2cn(Cc3ccccc3)cn2)CC1. The minimum atomic E-state index is -0.501. The van der Waals surface area contributed by atoms with Crippen LogP contribution in [0, 0.1) is 5.92 Å². The quantitative estimate of drug-likeness (QED) is 0.915. The molecule has 5 heteroatoms. The number of imidazole rings is 1. The summed E-state index contributed by atoms with van der Waals surface area (Å²) in [5.74, 6) is 0.762. The average Bonchev–Trinajstić information content (AvgIpc) is 3.02. The van der Waals surface area contributed by atoms with Gasteiger partial charge in [0.05, 0.1) is 18.1 Å². The Morgan fingerprint density at radius 3 is 2.71 bits per heavy atom. The number of carbonyl (C=O) groups is 1. The molecule has 24 heavy (non-hydrogen) atoms. The third-order valence-electron chi connectivity index (χ3n) is 4.74. The number of piperidine rings is 1. The van der Waals surface area contributed by atoms with E-state index in [2.05, 4.69) is 24.0 Å². The van der Waals surface area contributed by atoms with Crippen LogP contribution >= 0.6 is 0 Å². The standard InChI is InChI=1S/C19H26N4O/c1-15-7-9-23(10-8-15)19(24)18(20)11-17-13-22(14-21-17)12-16-5-3-2-4-6-16/h2-6,13-15,18H,7-12,20H2,1H3/t18-/m0/s1. The summed E-state index contributed by atoms with van der Waals surface area (Å²) in [5, 5.41) is 0. The van der Waals surface area contributed by atoms with E-state index in [0.29, 0.717) is 12.3 Å². The lowest BCUT2D eigenvalue weighted by atomic mass is 9.98. The van der Waals surface area contributed by atoms with Crippen LogP contribution in [0.4, 0.5) is 0 Å². The fourth-order valence-electron chi connectivity index (χ4n) is 3.17. The zero-order valence-corrected chi connectivity index (χ0v) is 14.3. The van der Waals surface area contributed by atoms with Gasteiger partial charge in [0.25, 0.3) is 0 Å². The summed E-state index contributed by atoms with van der Waals surface area (Å²) >= 11 is 0. The van der Waals surface area contributed by atoms with Crippen molar-refractivity contribution in [2.75, 3.05) is 13.1 Å². The van der Waals surface area contributed by atoms with E-state index >= 15 is 0 Å². The van der Waals surface area contributed by atoms with E-state index in [0.717, 1.165) is 38.2 Å². The molecule has 2 N–H and O–H groups in total. The number of carbonyl (C=O) groups excluding carboxylic acids is 1. The van der Waals surface area contributed by atoms with Gasteiger partial charge in [-0.15, -0.1) is 0 Å². The van der Waals surface area contributed by atoms with Crippen molar-refractivity contribution in [3.8, 4) is 0 Å². The Balaban J connectivity index is 1.55. The second-order valence-corrected chi connectivity index (χ2v) is 6.84. The minimum Gasteiger partial charge on any atom is -0.341 e. The normalized spacial score (nSPS) is 17.0. The van der Waals surface area contributed by atoms with Crippen LogP contribution in [0.25, 0.3) is 0 Å². The average molecular weight is 326 g/mol. The van der Waals surface area contributed by atoms with Crippen LogP contribution in [0.5, 0.6) is 0 Å². The summed E-state index contributed by atoms with van der Waals surface area (Å²) in [6, 6.07) is 9.74. The van der Waals surface area contributed by atoms with Gasteiger partial charge in [-0.25, -0.2) is 4.98 Å². The lowest BCUT2D eigenvalue weighted by Gasteiger charge is -2.32. The Hall–Kier alpha value is -2.14. The van der Waals surface area contributed by atoms with Gasteiger partial charge in [0.1, 0.15) is 0 Å². The number of likely N-dealkylation sites (tertiary alicyclic amines) is 1. The number of hydrogen-bond acceptors (Lipinski definition) is 3. The molecule has 1 aromatic carbocycles. The van der Waals surface area contributed by atoms with E-state index in [1.807, 2.05) is 40.2 Å². The molecule has 5 nitrogen and oxygen atoms in total. The molecule has 2 heterocycles. The van der Waals surface area contributed by atoms with Gasteiger partial charge in [-0.1, -0.05) is 37.3 Å². The number of amides is 1. The number of rotatable bonds is 5. The highest BCUT2D eigenvalue weighted by Gasteiger charge is 2.25. The van der Waals surface area contributed by atoms with E-state index in [1.165, 1.54) is 5.56 Å². The molecule has 1 atom stereocenters. The molecule has 0 aliphatic carbocycles. The van der Waals surface area contributed by atoms with E-state index in [1.54, 1.807) is 0 Å². The van der Waals surface area contributed by atoms with Crippen LogP contribution in [0.3, 0.4) is 0 Å². The molecule has 0 unspecified atom stereocenters. The third kappa shape index (κ3) is 4.23. The maximum atomic E-state index is 12.5. The number of nitrogens with two attached hydrogens (primary N) is 1. The summed E-state index contributed by atoms with van der Waals surface area (Å²) in [4.78, 5) is 18.8. The van der Waals surface area contributed by atoms with Gasteiger partial charge < -0.3 is 15.2 Å². The molecule has 1 aliphatic rings. The van der Waals surface area contributed by atoms with Gasteiger partial charge in [0.15, 0.2) is 0 Å². The Labute approximate surface area is 143 Å². The fraction of sp³-hybridized carbons (Fsp3) is 0.474. The lowest BCUT2D eigenvalue weighted by molar-refractivity contribution is -0.133. The smallest absolute Gasteiger partial charge is 0.239 e. The zero-order valence-electron chi connectivity index (χ0n) is 14.3. The summed E-state index contributed by atoms with van der Waals surface area (Å²) in [6.07, 6.45) is 6.43. The molecule has 2 aromatic rings. The molecule has 1 saturated heterocycles. The molecule has 0 spiro atoms. The molecule has 1 fully saturated rings. The number of aromatic nitrogens is 2. The van der Waals surface area contributed by atoms with Crippen molar-refractivity contribution in [2.24, 2.45) is 11.7 Å². The summed E-state index contributed by atoms with van der Waals surface area (Å²) < 4.78 is 2.03. The maximum Gasteiger partial charge on any atom is 0.239 e. The van der Waals surface area contributed by atoms with Gasteiger partial charge in [-0.3, -0.25) is 4.79 Å². The van der Waals surface area contributed by atoms with E-state index in [9.17, 15) is 4.79 Å². The third-order valence-corrected chi connectivity index (χ3v) is 4.74. The highest BCUT2D eigenvalue weighted by Crippen LogP contribution is 2.17. The van der Waals surface area contributed by atoms with Gasteiger partial charge in [-0.05, 0) is 24.3 Å². The summed E-state index contributed by atoms with van der Waals surface area (Å²) in [5.41, 5.74) is 8.23. The van der Waals surface area contributed by atoms with Crippen molar-refractivity contribution in [3.05, 3.63) is 54.1 Å². The van der Waals surface area contributed by atoms with Crippen molar-refractivity contribution in [2.45, 2.75) is 38.8 Å². The maximum absolute atomic E-state index is 12.5. The van der Waals surface area contributed by atoms with Crippen LogP contribution in [0.1, 0.15) is 31.0 Å². The molecule has 1 aromatic heterocycles. The topological polar surface area (TPSA) is 64.2 Å². The highest BCUT2D eigenvalue weighted by atomic mass is 16.2. The van der Waals surface area contributed by atoms with Gasteiger partial charge in [-0.2, -0.15) is 0 Å². The summed E-state index contributed by atoms with van der Waals surface area (Å²) in [6.45, 7) is 4.68. The number of benzene rings is 1. The Bertz CT molecular complexity index is 659. The first-order valence-electron chi connectivity index (χ1n) is 8.71. The zero-order chi connectivity index (χ0) is 16.9.